The van der Waals surface area contributed by atoms with Gasteiger partial charge in [0.05, 0.1) is 11.4 Å². The fourth-order valence-electron chi connectivity index (χ4n) is 2.07. The summed E-state index contributed by atoms with van der Waals surface area (Å²) in [4.78, 5) is 10.7. The van der Waals surface area contributed by atoms with E-state index in [1.807, 2.05) is 0 Å². The van der Waals surface area contributed by atoms with Crippen LogP contribution in [-0.4, -0.2) is 24.0 Å². The third kappa shape index (κ3) is 4.18. The molecule has 0 aromatic heterocycles. The molecule has 0 aliphatic rings. The number of aryl methyl sites for hydroxylation is 1. The van der Waals surface area contributed by atoms with Crippen molar-refractivity contribution < 1.29 is 27.3 Å². The maximum atomic E-state index is 13.6. The Morgan fingerprint density at radius 2 is 1.79 bits per heavy atom. The number of carboxylic acids is 1. The van der Waals surface area contributed by atoms with E-state index in [0.29, 0.717) is 4.31 Å². The number of anilines is 2. The first-order valence-corrected chi connectivity index (χ1v) is 8.13. The summed E-state index contributed by atoms with van der Waals surface area (Å²) < 4.78 is 47.4. The summed E-state index contributed by atoms with van der Waals surface area (Å²) >= 11 is 0. The van der Waals surface area contributed by atoms with Gasteiger partial charge in [0.25, 0.3) is 0 Å². The maximum Gasteiger partial charge on any atom is 0.364 e. The molecule has 0 radical (unpaired) electrons. The zero-order valence-corrected chi connectivity index (χ0v) is 13.4. The van der Waals surface area contributed by atoms with Gasteiger partial charge in [-0.3, -0.25) is 4.55 Å². The predicted molar refractivity (Wildman–Crippen MR) is 87.9 cm³/mol. The van der Waals surface area contributed by atoms with E-state index in [1.165, 1.54) is 18.2 Å². The second kappa shape index (κ2) is 6.81. The topological polar surface area (TPSA) is 94.9 Å². The van der Waals surface area contributed by atoms with Gasteiger partial charge in [0, 0.05) is 6.08 Å². The maximum absolute atomic E-state index is 13.6. The van der Waals surface area contributed by atoms with Crippen molar-refractivity contribution in [2.24, 2.45) is 0 Å². The van der Waals surface area contributed by atoms with E-state index in [2.05, 4.69) is 0 Å². The first-order valence-electron chi connectivity index (χ1n) is 6.73. The van der Waals surface area contributed by atoms with E-state index in [-0.39, 0.29) is 16.9 Å². The Hall–Kier alpha value is -2.71. The monoisotopic (exact) mass is 351 g/mol. The average Bonchev–Trinajstić information content (AvgIpc) is 2.47. The standard InChI is InChI=1S/C16H14FNO5S/c1-11-2-7-14(8-3-11)18(24(21,22)23)15-10-13(17)6-4-12(15)5-9-16(19)20/h2-10H,1H3,(H,19,20)(H,21,22,23). The van der Waals surface area contributed by atoms with Crippen LogP contribution in [0.4, 0.5) is 15.8 Å². The third-order valence-corrected chi connectivity index (χ3v) is 3.98. The van der Waals surface area contributed by atoms with Crippen LogP contribution in [0.1, 0.15) is 11.1 Å². The molecule has 0 amide bonds. The molecule has 2 N–H and O–H groups in total. The van der Waals surface area contributed by atoms with E-state index in [4.69, 9.17) is 5.11 Å². The second-order valence-corrected chi connectivity index (χ2v) is 6.21. The van der Waals surface area contributed by atoms with E-state index in [0.717, 1.165) is 29.8 Å². The number of benzene rings is 2. The van der Waals surface area contributed by atoms with Crippen molar-refractivity contribution in [3.05, 3.63) is 65.5 Å². The minimum Gasteiger partial charge on any atom is -0.478 e. The normalized spacial score (nSPS) is 11.6. The molecule has 8 heteroatoms. The van der Waals surface area contributed by atoms with Gasteiger partial charge in [-0.2, -0.15) is 8.42 Å². The molecule has 2 aromatic rings. The molecular formula is C16H14FNO5S. The summed E-state index contributed by atoms with van der Waals surface area (Å²) in [5.74, 6) is -1.99. The fourth-order valence-corrected chi connectivity index (χ4v) is 2.87. The molecule has 0 aliphatic heterocycles. The Balaban J connectivity index is 2.68. The van der Waals surface area contributed by atoms with Crippen molar-refractivity contribution in [1.29, 1.82) is 0 Å². The molecule has 6 nitrogen and oxygen atoms in total. The Labute approximate surface area is 138 Å². The molecular weight excluding hydrogens is 337 g/mol. The number of nitrogens with zero attached hydrogens (tertiary/aromatic N) is 1. The van der Waals surface area contributed by atoms with Crippen LogP contribution in [0.3, 0.4) is 0 Å². The number of carboxylic acid groups (broad SMARTS) is 1. The molecule has 0 atom stereocenters. The molecule has 126 valence electrons. The van der Waals surface area contributed by atoms with E-state index >= 15 is 0 Å². The molecule has 2 rings (SSSR count). The number of hydrogen-bond acceptors (Lipinski definition) is 3. The zero-order valence-electron chi connectivity index (χ0n) is 12.5. The van der Waals surface area contributed by atoms with Gasteiger partial charge in [0.2, 0.25) is 0 Å². The Bertz CT molecular complexity index is 891. The third-order valence-electron chi connectivity index (χ3n) is 3.12. The van der Waals surface area contributed by atoms with Gasteiger partial charge < -0.3 is 5.11 Å². The molecule has 0 saturated heterocycles. The summed E-state index contributed by atoms with van der Waals surface area (Å²) in [6.07, 6.45) is 1.90. The summed E-state index contributed by atoms with van der Waals surface area (Å²) in [6, 6.07) is 9.31. The lowest BCUT2D eigenvalue weighted by atomic mass is 10.1. The van der Waals surface area contributed by atoms with E-state index in [1.54, 1.807) is 19.1 Å². The van der Waals surface area contributed by atoms with Crippen molar-refractivity contribution in [3.63, 3.8) is 0 Å². The predicted octanol–water partition coefficient (Wildman–Crippen LogP) is 3.17. The van der Waals surface area contributed by atoms with Crippen LogP contribution in [0, 0.1) is 12.7 Å². The number of rotatable bonds is 5. The minimum absolute atomic E-state index is 0.0821. The average molecular weight is 351 g/mol. The zero-order chi connectivity index (χ0) is 17.9. The molecule has 0 spiro atoms. The van der Waals surface area contributed by atoms with Crippen LogP contribution >= 0.6 is 0 Å². The smallest absolute Gasteiger partial charge is 0.364 e. The lowest BCUT2D eigenvalue weighted by molar-refractivity contribution is -0.131. The van der Waals surface area contributed by atoms with Crippen molar-refractivity contribution >= 4 is 33.7 Å². The largest absolute Gasteiger partial charge is 0.478 e. The van der Waals surface area contributed by atoms with Crippen LogP contribution in [0.2, 0.25) is 0 Å². The van der Waals surface area contributed by atoms with Crippen LogP contribution < -0.4 is 4.31 Å². The highest BCUT2D eigenvalue weighted by Crippen LogP contribution is 2.32. The van der Waals surface area contributed by atoms with Gasteiger partial charge in [0.1, 0.15) is 5.82 Å². The van der Waals surface area contributed by atoms with Gasteiger partial charge in [0.15, 0.2) is 0 Å². The van der Waals surface area contributed by atoms with Crippen LogP contribution in [0.5, 0.6) is 0 Å². The first-order chi connectivity index (χ1) is 11.2. The first kappa shape index (κ1) is 17.6. The molecule has 0 aliphatic carbocycles. The summed E-state index contributed by atoms with van der Waals surface area (Å²) in [7, 11) is -4.78. The minimum atomic E-state index is -4.78. The number of halogens is 1. The summed E-state index contributed by atoms with van der Waals surface area (Å²) in [5, 5.41) is 8.72. The van der Waals surface area contributed by atoms with Gasteiger partial charge in [-0.1, -0.05) is 17.7 Å². The number of aliphatic carboxylic acids is 1. The Morgan fingerprint density at radius 3 is 2.33 bits per heavy atom. The molecule has 24 heavy (non-hydrogen) atoms. The van der Waals surface area contributed by atoms with Gasteiger partial charge in [-0.25, -0.2) is 13.5 Å². The van der Waals surface area contributed by atoms with Crippen LogP contribution in [-0.2, 0) is 15.1 Å². The highest BCUT2D eigenvalue weighted by Gasteiger charge is 2.24. The molecule has 0 bridgehead atoms. The van der Waals surface area contributed by atoms with Crippen molar-refractivity contribution in [2.45, 2.75) is 6.92 Å². The highest BCUT2D eigenvalue weighted by atomic mass is 32.2. The Kier molecular flexibility index (Phi) is 5.01. The summed E-state index contributed by atoms with van der Waals surface area (Å²) in [6.45, 7) is 1.80. The van der Waals surface area contributed by atoms with Crippen molar-refractivity contribution in [3.8, 4) is 0 Å². The van der Waals surface area contributed by atoms with E-state index in [9.17, 15) is 22.2 Å². The molecule has 0 saturated carbocycles. The quantitative estimate of drug-likeness (QED) is 0.637. The lowest BCUT2D eigenvalue weighted by Gasteiger charge is -2.23. The molecule has 2 aromatic carbocycles. The lowest BCUT2D eigenvalue weighted by Crippen LogP contribution is -2.26. The SMILES string of the molecule is Cc1ccc(N(c2cc(F)ccc2C=CC(=O)O)S(=O)(=O)O)cc1. The van der Waals surface area contributed by atoms with Gasteiger partial charge in [-0.05, 0) is 48.9 Å². The van der Waals surface area contributed by atoms with Crippen LogP contribution in [0.15, 0.2) is 48.5 Å². The molecule has 0 fully saturated rings. The highest BCUT2D eigenvalue weighted by molar-refractivity contribution is 7.87. The molecule has 0 unspecified atom stereocenters. The number of hydrogen-bond donors (Lipinski definition) is 2. The van der Waals surface area contributed by atoms with Crippen LogP contribution in [0.25, 0.3) is 6.08 Å². The van der Waals surface area contributed by atoms with Crippen molar-refractivity contribution in [2.75, 3.05) is 4.31 Å². The van der Waals surface area contributed by atoms with Gasteiger partial charge >= 0.3 is 16.3 Å². The molecule has 0 heterocycles. The Morgan fingerprint density at radius 1 is 1.17 bits per heavy atom. The van der Waals surface area contributed by atoms with E-state index < -0.39 is 22.1 Å². The second-order valence-electron chi connectivity index (χ2n) is 4.95. The van der Waals surface area contributed by atoms with Crippen molar-refractivity contribution in [1.82, 2.24) is 0 Å². The van der Waals surface area contributed by atoms with Gasteiger partial charge in [-0.15, -0.1) is 0 Å². The fraction of sp³-hybridized carbons (Fsp3) is 0.0625. The number of carbonyl (C=O) groups is 1. The summed E-state index contributed by atoms with van der Waals surface area (Å²) in [5.41, 5.74) is 0.841.